The Kier molecular flexibility index (Phi) is 2.96. The lowest BCUT2D eigenvalue weighted by Gasteiger charge is -2.22. The standard InChI is InChI=1S/C9H16O5/c1-9(2,3)7(12)6-4(10)5(11)8(13)14-6/h4-6,8,10-11,13H,1-3H3. The van der Waals surface area contributed by atoms with Gasteiger partial charge >= 0.3 is 0 Å². The van der Waals surface area contributed by atoms with Gasteiger partial charge in [-0.05, 0) is 0 Å². The van der Waals surface area contributed by atoms with Crippen LogP contribution in [0.25, 0.3) is 0 Å². The van der Waals surface area contributed by atoms with Gasteiger partial charge in [0.15, 0.2) is 12.1 Å². The van der Waals surface area contributed by atoms with Crippen molar-refractivity contribution < 1.29 is 24.9 Å². The minimum Gasteiger partial charge on any atom is -0.387 e. The molecule has 1 saturated heterocycles. The third-order valence-electron chi connectivity index (χ3n) is 2.24. The molecule has 5 nitrogen and oxygen atoms in total. The van der Waals surface area contributed by atoms with E-state index in [1.807, 2.05) is 0 Å². The number of Topliss-reactive ketones (excluding diaryl/α,β-unsaturated/α-hetero) is 1. The van der Waals surface area contributed by atoms with Gasteiger partial charge in [0.25, 0.3) is 0 Å². The normalized spacial score (nSPS) is 38.7. The lowest BCUT2D eigenvalue weighted by Crippen LogP contribution is -2.41. The Labute approximate surface area is 82.3 Å². The van der Waals surface area contributed by atoms with E-state index in [1.54, 1.807) is 20.8 Å². The summed E-state index contributed by atoms with van der Waals surface area (Å²) in [5, 5.41) is 27.6. The summed E-state index contributed by atoms with van der Waals surface area (Å²) in [6.45, 7) is 5.05. The molecule has 1 fully saturated rings. The maximum absolute atomic E-state index is 11.7. The molecule has 1 aliphatic heterocycles. The Hall–Kier alpha value is -0.490. The molecule has 14 heavy (non-hydrogen) atoms. The van der Waals surface area contributed by atoms with E-state index in [9.17, 15) is 15.0 Å². The first-order valence-corrected chi connectivity index (χ1v) is 4.49. The van der Waals surface area contributed by atoms with E-state index in [0.29, 0.717) is 0 Å². The van der Waals surface area contributed by atoms with Crippen molar-refractivity contribution >= 4 is 5.78 Å². The monoisotopic (exact) mass is 204 g/mol. The predicted molar refractivity (Wildman–Crippen MR) is 47.4 cm³/mol. The highest BCUT2D eigenvalue weighted by Gasteiger charge is 2.47. The molecule has 0 aliphatic carbocycles. The first kappa shape index (κ1) is 11.6. The van der Waals surface area contributed by atoms with Gasteiger partial charge in [-0.1, -0.05) is 20.8 Å². The summed E-state index contributed by atoms with van der Waals surface area (Å²) >= 11 is 0. The van der Waals surface area contributed by atoms with Gasteiger partial charge in [0, 0.05) is 5.41 Å². The zero-order chi connectivity index (χ0) is 11.1. The van der Waals surface area contributed by atoms with E-state index in [1.165, 1.54) is 0 Å². The number of rotatable bonds is 1. The molecule has 0 spiro atoms. The van der Waals surface area contributed by atoms with Crippen LogP contribution in [0.2, 0.25) is 0 Å². The zero-order valence-corrected chi connectivity index (χ0v) is 8.47. The third kappa shape index (κ3) is 1.95. The molecule has 4 atom stereocenters. The first-order valence-electron chi connectivity index (χ1n) is 4.49. The van der Waals surface area contributed by atoms with Crippen molar-refractivity contribution in [1.82, 2.24) is 0 Å². The molecule has 0 bridgehead atoms. The van der Waals surface area contributed by atoms with Crippen molar-refractivity contribution in [2.75, 3.05) is 0 Å². The molecule has 0 saturated carbocycles. The Morgan fingerprint density at radius 3 is 1.93 bits per heavy atom. The van der Waals surface area contributed by atoms with Gasteiger partial charge in [0.2, 0.25) is 0 Å². The Morgan fingerprint density at radius 1 is 1.14 bits per heavy atom. The van der Waals surface area contributed by atoms with E-state index in [-0.39, 0.29) is 5.78 Å². The molecule has 0 aromatic heterocycles. The lowest BCUT2D eigenvalue weighted by molar-refractivity contribution is -0.155. The first-order chi connectivity index (χ1) is 6.25. The Balaban J connectivity index is 2.77. The van der Waals surface area contributed by atoms with Crippen LogP contribution in [-0.2, 0) is 9.53 Å². The molecule has 1 rings (SSSR count). The van der Waals surface area contributed by atoms with Gasteiger partial charge in [0.1, 0.15) is 18.3 Å². The van der Waals surface area contributed by atoms with Crippen LogP contribution in [0, 0.1) is 5.41 Å². The van der Waals surface area contributed by atoms with E-state index in [0.717, 1.165) is 0 Å². The molecule has 0 aromatic carbocycles. The maximum Gasteiger partial charge on any atom is 0.184 e. The van der Waals surface area contributed by atoms with Crippen LogP contribution in [0.3, 0.4) is 0 Å². The third-order valence-corrected chi connectivity index (χ3v) is 2.24. The van der Waals surface area contributed by atoms with Crippen LogP contribution in [0.1, 0.15) is 20.8 Å². The van der Waals surface area contributed by atoms with Crippen molar-refractivity contribution in [2.24, 2.45) is 5.41 Å². The summed E-state index contributed by atoms with van der Waals surface area (Å²) in [6, 6.07) is 0. The van der Waals surface area contributed by atoms with Gasteiger partial charge in [-0.15, -0.1) is 0 Å². The topological polar surface area (TPSA) is 87.0 Å². The molecule has 0 amide bonds. The predicted octanol–water partition coefficient (Wildman–Crippen LogP) is -0.959. The highest BCUT2D eigenvalue weighted by atomic mass is 16.6. The molecular weight excluding hydrogens is 188 g/mol. The van der Waals surface area contributed by atoms with Crippen molar-refractivity contribution in [2.45, 2.75) is 45.4 Å². The van der Waals surface area contributed by atoms with Crippen LogP contribution < -0.4 is 0 Å². The number of aliphatic hydroxyl groups is 3. The van der Waals surface area contributed by atoms with E-state index < -0.39 is 30.0 Å². The fourth-order valence-corrected chi connectivity index (χ4v) is 1.30. The van der Waals surface area contributed by atoms with Gasteiger partial charge in [-0.3, -0.25) is 4.79 Å². The zero-order valence-electron chi connectivity index (χ0n) is 8.47. The molecule has 3 N–H and O–H groups in total. The van der Waals surface area contributed by atoms with Crippen LogP contribution in [0.4, 0.5) is 0 Å². The number of carbonyl (C=O) groups is 1. The highest BCUT2D eigenvalue weighted by Crippen LogP contribution is 2.27. The second-order valence-electron chi connectivity index (χ2n) is 4.54. The molecule has 5 heteroatoms. The fraction of sp³-hybridized carbons (Fsp3) is 0.889. The van der Waals surface area contributed by atoms with E-state index in [4.69, 9.17) is 9.84 Å². The molecule has 0 aromatic rings. The molecular formula is C9H16O5. The fourth-order valence-electron chi connectivity index (χ4n) is 1.30. The second-order valence-corrected chi connectivity index (χ2v) is 4.54. The van der Waals surface area contributed by atoms with Crippen LogP contribution in [-0.4, -0.2) is 45.7 Å². The largest absolute Gasteiger partial charge is 0.387 e. The van der Waals surface area contributed by atoms with E-state index in [2.05, 4.69) is 0 Å². The summed E-state index contributed by atoms with van der Waals surface area (Å²) in [5.41, 5.74) is -0.671. The number of ketones is 1. The average Bonchev–Trinajstić information content (AvgIpc) is 2.30. The highest BCUT2D eigenvalue weighted by molar-refractivity contribution is 5.88. The quantitative estimate of drug-likeness (QED) is 0.512. The van der Waals surface area contributed by atoms with Crippen molar-refractivity contribution in [1.29, 1.82) is 0 Å². The van der Waals surface area contributed by atoms with Crippen LogP contribution >= 0.6 is 0 Å². The van der Waals surface area contributed by atoms with E-state index >= 15 is 0 Å². The number of ether oxygens (including phenoxy) is 1. The minimum atomic E-state index is -1.48. The van der Waals surface area contributed by atoms with Gasteiger partial charge < -0.3 is 20.1 Å². The van der Waals surface area contributed by atoms with Gasteiger partial charge in [-0.25, -0.2) is 0 Å². The van der Waals surface area contributed by atoms with Crippen LogP contribution in [0.5, 0.6) is 0 Å². The molecule has 1 heterocycles. The minimum absolute atomic E-state index is 0.333. The van der Waals surface area contributed by atoms with Gasteiger partial charge in [0.05, 0.1) is 0 Å². The summed E-state index contributed by atoms with van der Waals surface area (Å²) in [6.07, 6.45) is -5.38. The van der Waals surface area contributed by atoms with Crippen molar-refractivity contribution in [3.8, 4) is 0 Å². The lowest BCUT2D eigenvalue weighted by atomic mass is 9.86. The summed E-state index contributed by atoms with van der Waals surface area (Å²) in [5.74, 6) is -0.333. The summed E-state index contributed by atoms with van der Waals surface area (Å²) in [4.78, 5) is 11.7. The number of hydrogen-bond acceptors (Lipinski definition) is 5. The van der Waals surface area contributed by atoms with Crippen LogP contribution in [0.15, 0.2) is 0 Å². The molecule has 4 unspecified atom stereocenters. The molecule has 1 aliphatic rings. The average molecular weight is 204 g/mol. The van der Waals surface area contributed by atoms with Crippen molar-refractivity contribution in [3.63, 3.8) is 0 Å². The second kappa shape index (κ2) is 3.58. The Morgan fingerprint density at radius 2 is 1.64 bits per heavy atom. The summed E-state index contributed by atoms with van der Waals surface area (Å²) in [7, 11) is 0. The Bertz CT molecular complexity index is 232. The maximum atomic E-state index is 11.7. The number of hydrogen-bond donors (Lipinski definition) is 3. The number of carbonyl (C=O) groups excluding carboxylic acids is 1. The van der Waals surface area contributed by atoms with Crippen molar-refractivity contribution in [3.05, 3.63) is 0 Å². The summed E-state index contributed by atoms with van der Waals surface area (Å²) < 4.78 is 4.78. The molecule has 0 radical (unpaired) electrons. The SMILES string of the molecule is CC(C)(C)C(=O)C1OC(O)C(O)C1O. The van der Waals surface area contributed by atoms with Gasteiger partial charge in [-0.2, -0.15) is 0 Å². The smallest absolute Gasteiger partial charge is 0.184 e. The number of aliphatic hydroxyl groups excluding tert-OH is 3. The molecule has 82 valence electrons.